The summed E-state index contributed by atoms with van der Waals surface area (Å²) in [7, 11) is 0. The van der Waals surface area contributed by atoms with Gasteiger partial charge in [-0.2, -0.15) is 0 Å². The van der Waals surface area contributed by atoms with Crippen molar-refractivity contribution in [3.8, 4) is 16.9 Å². The molecule has 1 saturated carbocycles. The van der Waals surface area contributed by atoms with Crippen LogP contribution in [0.15, 0.2) is 48.5 Å². The van der Waals surface area contributed by atoms with E-state index in [1.807, 2.05) is 12.1 Å². The van der Waals surface area contributed by atoms with Gasteiger partial charge in [-0.3, -0.25) is 0 Å². The SMILES string of the molecule is CCCC1CCC(c2ccc3c(F)c(-c4ccc(O)c(F)c4)ccc3c2)CC1. The third-order valence-corrected chi connectivity index (χ3v) is 6.25. The van der Waals surface area contributed by atoms with Crippen LogP contribution in [0.4, 0.5) is 8.78 Å². The Hall–Kier alpha value is -2.42. The smallest absolute Gasteiger partial charge is 0.165 e. The molecule has 0 aliphatic heterocycles. The highest BCUT2D eigenvalue weighted by Crippen LogP contribution is 2.39. The Morgan fingerprint density at radius 3 is 2.43 bits per heavy atom. The van der Waals surface area contributed by atoms with Gasteiger partial charge in [-0.25, -0.2) is 8.78 Å². The standard InChI is InChI=1S/C25H26F2O/c1-2-3-16-4-6-17(7-5-16)18-8-11-21-19(14-18)9-12-22(25(21)27)20-10-13-24(28)23(26)15-20/h8-17,28H,2-7H2,1H3. The lowest BCUT2D eigenvalue weighted by molar-refractivity contribution is 0.308. The zero-order valence-corrected chi connectivity index (χ0v) is 16.2. The van der Waals surface area contributed by atoms with Crippen molar-refractivity contribution in [3.63, 3.8) is 0 Å². The normalized spacial score (nSPS) is 19.8. The highest BCUT2D eigenvalue weighted by molar-refractivity contribution is 5.89. The van der Waals surface area contributed by atoms with Gasteiger partial charge in [0.25, 0.3) is 0 Å². The van der Waals surface area contributed by atoms with Crippen LogP contribution in [0.3, 0.4) is 0 Å². The molecule has 1 aliphatic rings. The second-order valence-corrected chi connectivity index (χ2v) is 8.08. The zero-order valence-electron chi connectivity index (χ0n) is 16.2. The lowest BCUT2D eigenvalue weighted by atomic mass is 9.77. The summed E-state index contributed by atoms with van der Waals surface area (Å²) < 4.78 is 28.8. The molecule has 0 bridgehead atoms. The molecule has 146 valence electrons. The van der Waals surface area contributed by atoms with Crippen LogP contribution in [0.25, 0.3) is 21.9 Å². The molecule has 0 unspecified atom stereocenters. The lowest BCUT2D eigenvalue weighted by Gasteiger charge is -2.28. The van der Waals surface area contributed by atoms with Crippen LogP contribution < -0.4 is 0 Å². The van der Waals surface area contributed by atoms with E-state index in [1.165, 1.54) is 62.3 Å². The maximum atomic E-state index is 15.1. The molecule has 3 heteroatoms. The molecule has 3 aromatic carbocycles. The maximum absolute atomic E-state index is 15.1. The molecule has 1 N–H and O–H groups in total. The molecule has 0 amide bonds. The molecule has 0 aromatic heterocycles. The summed E-state index contributed by atoms with van der Waals surface area (Å²) in [6, 6.07) is 13.6. The van der Waals surface area contributed by atoms with Gasteiger partial charge in [-0.05, 0) is 66.2 Å². The van der Waals surface area contributed by atoms with E-state index in [2.05, 4.69) is 19.1 Å². The van der Waals surface area contributed by atoms with Gasteiger partial charge >= 0.3 is 0 Å². The topological polar surface area (TPSA) is 20.2 Å². The Kier molecular flexibility index (Phi) is 5.34. The van der Waals surface area contributed by atoms with E-state index in [0.717, 1.165) is 11.3 Å². The second-order valence-electron chi connectivity index (χ2n) is 8.08. The van der Waals surface area contributed by atoms with Crippen molar-refractivity contribution in [2.45, 2.75) is 51.4 Å². The number of aromatic hydroxyl groups is 1. The van der Waals surface area contributed by atoms with Gasteiger partial charge < -0.3 is 5.11 Å². The minimum atomic E-state index is -0.744. The van der Waals surface area contributed by atoms with Crippen molar-refractivity contribution in [2.75, 3.05) is 0 Å². The monoisotopic (exact) mass is 380 g/mol. The first-order chi connectivity index (χ1) is 13.6. The first kappa shape index (κ1) is 18.9. The summed E-state index contributed by atoms with van der Waals surface area (Å²) in [5.74, 6) is -0.0890. The minimum absolute atomic E-state index is 0.346. The van der Waals surface area contributed by atoms with Crippen molar-refractivity contribution >= 4 is 10.8 Å². The van der Waals surface area contributed by atoms with Gasteiger partial charge in [0.2, 0.25) is 0 Å². The van der Waals surface area contributed by atoms with E-state index in [-0.39, 0.29) is 5.82 Å². The number of rotatable bonds is 4. The van der Waals surface area contributed by atoms with Gasteiger partial charge in [-0.15, -0.1) is 0 Å². The van der Waals surface area contributed by atoms with Gasteiger partial charge in [0.1, 0.15) is 5.82 Å². The van der Waals surface area contributed by atoms with Crippen molar-refractivity contribution in [1.82, 2.24) is 0 Å². The highest BCUT2D eigenvalue weighted by atomic mass is 19.1. The average Bonchev–Trinajstić information content (AvgIpc) is 2.71. The quantitative estimate of drug-likeness (QED) is 0.495. The largest absolute Gasteiger partial charge is 0.505 e. The van der Waals surface area contributed by atoms with Crippen LogP contribution in [-0.2, 0) is 0 Å². The molecule has 1 aliphatic carbocycles. The van der Waals surface area contributed by atoms with Crippen molar-refractivity contribution in [2.24, 2.45) is 5.92 Å². The van der Waals surface area contributed by atoms with E-state index in [9.17, 15) is 9.50 Å². The fourth-order valence-corrected chi connectivity index (χ4v) is 4.65. The zero-order chi connectivity index (χ0) is 19.7. The van der Waals surface area contributed by atoms with Crippen LogP contribution >= 0.6 is 0 Å². The molecule has 0 radical (unpaired) electrons. The van der Waals surface area contributed by atoms with E-state index in [0.29, 0.717) is 22.4 Å². The van der Waals surface area contributed by atoms with Crippen LogP contribution in [-0.4, -0.2) is 5.11 Å². The van der Waals surface area contributed by atoms with Crippen LogP contribution in [0, 0.1) is 17.6 Å². The van der Waals surface area contributed by atoms with E-state index < -0.39 is 11.6 Å². The number of hydrogen-bond donors (Lipinski definition) is 1. The Morgan fingerprint density at radius 2 is 1.71 bits per heavy atom. The molecular weight excluding hydrogens is 354 g/mol. The number of phenolic OH excluding ortho intramolecular Hbond substituents is 1. The Morgan fingerprint density at radius 1 is 0.929 bits per heavy atom. The Balaban J connectivity index is 1.62. The van der Waals surface area contributed by atoms with Crippen molar-refractivity contribution in [3.05, 3.63) is 65.7 Å². The third-order valence-electron chi connectivity index (χ3n) is 6.25. The predicted molar refractivity (Wildman–Crippen MR) is 111 cm³/mol. The number of halogens is 2. The third kappa shape index (κ3) is 3.63. The molecular formula is C25H26F2O. The van der Waals surface area contributed by atoms with Gasteiger partial charge in [0.05, 0.1) is 0 Å². The number of fused-ring (bicyclic) bond motifs is 1. The van der Waals surface area contributed by atoms with Crippen molar-refractivity contribution < 1.29 is 13.9 Å². The summed E-state index contributed by atoms with van der Waals surface area (Å²) in [6.07, 6.45) is 7.59. The Bertz CT molecular complexity index is 987. The number of phenols is 1. The van der Waals surface area contributed by atoms with Crippen LogP contribution in [0.1, 0.15) is 56.9 Å². The lowest BCUT2D eigenvalue weighted by Crippen LogP contribution is -2.13. The summed E-state index contributed by atoms with van der Waals surface area (Å²) in [5, 5.41) is 10.8. The molecule has 0 atom stereocenters. The van der Waals surface area contributed by atoms with Gasteiger partial charge in [0.15, 0.2) is 11.6 Å². The molecule has 4 rings (SSSR count). The molecule has 0 saturated heterocycles. The fourth-order valence-electron chi connectivity index (χ4n) is 4.65. The van der Waals surface area contributed by atoms with Gasteiger partial charge in [-0.1, -0.05) is 56.2 Å². The molecule has 1 nitrogen and oxygen atoms in total. The molecule has 0 spiro atoms. The summed E-state index contributed by atoms with van der Waals surface area (Å²) in [6.45, 7) is 2.25. The second kappa shape index (κ2) is 7.90. The first-order valence-electron chi connectivity index (χ1n) is 10.3. The van der Waals surface area contributed by atoms with Crippen LogP contribution in [0.2, 0.25) is 0 Å². The number of benzene rings is 3. The van der Waals surface area contributed by atoms with E-state index in [4.69, 9.17) is 0 Å². The predicted octanol–water partition coefficient (Wildman–Crippen LogP) is 7.56. The molecule has 0 heterocycles. The average molecular weight is 380 g/mol. The molecule has 3 aromatic rings. The number of hydrogen-bond acceptors (Lipinski definition) is 1. The maximum Gasteiger partial charge on any atom is 0.165 e. The fraction of sp³-hybridized carbons (Fsp3) is 0.360. The van der Waals surface area contributed by atoms with Crippen LogP contribution in [0.5, 0.6) is 5.75 Å². The highest BCUT2D eigenvalue weighted by Gasteiger charge is 2.22. The minimum Gasteiger partial charge on any atom is -0.505 e. The molecule has 1 fully saturated rings. The first-order valence-corrected chi connectivity index (χ1v) is 10.3. The van der Waals surface area contributed by atoms with Gasteiger partial charge in [0, 0.05) is 10.9 Å². The summed E-state index contributed by atoms with van der Waals surface area (Å²) in [4.78, 5) is 0. The summed E-state index contributed by atoms with van der Waals surface area (Å²) >= 11 is 0. The molecule has 28 heavy (non-hydrogen) atoms. The van der Waals surface area contributed by atoms with E-state index >= 15 is 4.39 Å². The Labute approximate surface area is 165 Å². The van der Waals surface area contributed by atoms with E-state index in [1.54, 1.807) is 6.07 Å². The van der Waals surface area contributed by atoms with Crippen molar-refractivity contribution in [1.29, 1.82) is 0 Å². The summed E-state index contributed by atoms with van der Waals surface area (Å²) in [5.41, 5.74) is 2.07.